The van der Waals surface area contributed by atoms with Crippen molar-refractivity contribution >= 4 is 10.1 Å². The molecule has 0 aliphatic carbocycles. The number of hydrogen-bond donors (Lipinski definition) is 1. The maximum absolute atomic E-state index is 12.2. The van der Waals surface area contributed by atoms with Gasteiger partial charge in [0, 0.05) is 5.56 Å². The lowest BCUT2D eigenvalue weighted by molar-refractivity contribution is 0.483. The standard InChI is InChI=1S/C26H30O3S/c1-25(2,3)20-14-10-18(11-15-20)22-8-7-9-23(30(27,28)29)24(22)19-12-16-21(17-13-19)26(4,5)6/h7-17H,1-6H3,(H,27,28,29). The van der Waals surface area contributed by atoms with Crippen LogP contribution in [-0.4, -0.2) is 13.0 Å². The lowest BCUT2D eigenvalue weighted by Gasteiger charge is -2.21. The van der Waals surface area contributed by atoms with E-state index in [4.69, 9.17) is 0 Å². The molecule has 0 radical (unpaired) electrons. The molecule has 3 aromatic rings. The molecule has 0 aliphatic rings. The van der Waals surface area contributed by atoms with Gasteiger partial charge in [-0.05, 0) is 44.7 Å². The first kappa shape index (κ1) is 22.3. The minimum Gasteiger partial charge on any atom is -0.282 e. The molecule has 0 spiro atoms. The second kappa shape index (κ2) is 7.68. The van der Waals surface area contributed by atoms with Gasteiger partial charge in [-0.1, -0.05) is 102 Å². The Labute approximate surface area is 180 Å². The van der Waals surface area contributed by atoms with Crippen molar-refractivity contribution in [2.45, 2.75) is 57.3 Å². The fraction of sp³-hybridized carbons (Fsp3) is 0.308. The van der Waals surface area contributed by atoms with Crippen LogP contribution in [0.15, 0.2) is 71.6 Å². The summed E-state index contributed by atoms with van der Waals surface area (Å²) in [5.74, 6) is 0. The topological polar surface area (TPSA) is 54.4 Å². The third-order valence-corrected chi connectivity index (χ3v) is 6.30. The number of hydrogen-bond acceptors (Lipinski definition) is 2. The molecule has 30 heavy (non-hydrogen) atoms. The zero-order chi connectivity index (χ0) is 22.3. The third-order valence-electron chi connectivity index (χ3n) is 5.41. The van der Waals surface area contributed by atoms with Crippen LogP contribution in [0, 0.1) is 0 Å². The molecule has 0 fully saturated rings. The Balaban J connectivity index is 2.23. The molecule has 3 nitrogen and oxygen atoms in total. The van der Waals surface area contributed by atoms with E-state index < -0.39 is 10.1 Å². The maximum atomic E-state index is 12.2. The van der Waals surface area contributed by atoms with Crippen molar-refractivity contribution in [3.63, 3.8) is 0 Å². The predicted octanol–water partition coefficient (Wildman–Crippen LogP) is 6.86. The Kier molecular flexibility index (Phi) is 5.70. The molecule has 0 amide bonds. The molecule has 0 saturated carbocycles. The Morgan fingerprint density at radius 3 is 1.47 bits per heavy atom. The Morgan fingerprint density at radius 2 is 1.07 bits per heavy atom. The Hall–Kier alpha value is -2.43. The van der Waals surface area contributed by atoms with Crippen LogP contribution in [0.3, 0.4) is 0 Å². The molecule has 158 valence electrons. The first-order chi connectivity index (χ1) is 13.8. The van der Waals surface area contributed by atoms with E-state index in [1.807, 2.05) is 42.5 Å². The fourth-order valence-electron chi connectivity index (χ4n) is 3.57. The summed E-state index contributed by atoms with van der Waals surface area (Å²) in [6, 6.07) is 21.1. The van der Waals surface area contributed by atoms with Crippen molar-refractivity contribution in [3.8, 4) is 22.3 Å². The van der Waals surface area contributed by atoms with E-state index in [1.165, 1.54) is 11.6 Å². The zero-order valence-electron chi connectivity index (χ0n) is 18.5. The summed E-state index contributed by atoms with van der Waals surface area (Å²) in [6.07, 6.45) is 0. The monoisotopic (exact) mass is 422 g/mol. The van der Waals surface area contributed by atoms with Gasteiger partial charge < -0.3 is 0 Å². The molecule has 4 heteroatoms. The second-order valence-corrected chi connectivity index (χ2v) is 11.2. The van der Waals surface area contributed by atoms with Crippen LogP contribution >= 0.6 is 0 Å². The SMILES string of the molecule is CC(C)(C)c1ccc(-c2cccc(S(=O)(=O)O)c2-c2ccc(C(C)(C)C)cc2)cc1. The van der Waals surface area contributed by atoms with Crippen LogP contribution in [0.25, 0.3) is 22.3 Å². The maximum Gasteiger partial charge on any atom is 0.295 e. The number of rotatable bonds is 3. The van der Waals surface area contributed by atoms with Crippen LogP contribution in [0.1, 0.15) is 52.7 Å². The molecule has 0 aliphatic heterocycles. The van der Waals surface area contributed by atoms with Crippen LogP contribution in [-0.2, 0) is 20.9 Å². The van der Waals surface area contributed by atoms with Crippen molar-refractivity contribution in [2.75, 3.05) is 0 Å². The Bertz CT molecular complexity index is 1140. The normalized spacial score (nSPS) is 12.8. The average molecular weight is 423 g/mol. The molecule has 0 aromatic heterocycles. The first-order valence-electron chi connectivity index (χ1n) is 10.1. The molecule has 0 atom stereocenters. The molecule has 1 N–H and O–H groups in total. The smallest absolute Gasteiger partial charge is 0.282 e. The summed E-state index contributed by atoms with van der Waals surface area (Å²) >= 11 is 0. The van der Waals surface area contributed by atoms with Gasteiger partial charge >= 0.3 is 0 Å². The first-order valence-corrected chi connectivity index (χ1v) is 11.5. The van der Waals surface area contributed by atoms with Gasteiger partial charge in [0.2, 0.25) is 0 Å². The molecule has 0 unspecified atom stereocenters. The summed E-state index contributed by atoms with van der Waals surface area (Å²) in [7, 11) is -4.38. The van der Waals surface area contributed by atoms with Gasteiger partial charge in [-0.25, -0.2) is 0 Å². The van der Waals surface area contributed by atoms with Gasteiger partial charge in [-0.15, -0.1) is 0 Å². The fourth-order valence-corrected chi connectivity index (χ4v) is 4.31. The molecular weight excluding hydrogens is 392 g/mol. The lowest BCUT2D eigenvalue weighted by atomic mass is 9.84. The summed E-state index contributed by atoms with van der Waals surface area (Å²) in [6.45, 7) is 12.9. The van der Waals surface area contributed by atoms with E-state index in [-0.39, 0.29) is 15.7 Å². The molecule has 0 saturated heterocycles. The van der Waals surface area contributed by atoms with Crippen LogP contribution in [0.4, 0.5) is 0 Å². The molecule has 3 rings (SSSR count). The van der Waals surface area contributed by atoms with E-state index in [1.54, 1.807) is 6.07 Å². The van der Waals surface area contributed by atoms with Crippen LogP contribution in [0.2, 0.25) is 0 Å². The minimum atomic E-state index is -4.38. The van der Waals surface area contributed by atoms with Crippen molar-refractivity contribution < 1.29 is 13.0 Å². The predicted molar refractivity (Wildman–Crippen MR) is 125 cm³/mol. The van der Waals surface area contributed by atoms with E-state index >= 15 is 0 Å². The van der Waals surface area contributed by atoms with Gasteiger partial charge in [0.15, 0.2) is 0 Å². The highest BCUT2D eigenvalue weighted by atomic mass is 32.2. The van der Waals surface area contributed by atoms with Crippen molar-refractivity contribution in [3.05, 3.63) is 77.9 Å². The van der Waals surface area contributed by atoms with Gasteiger partial charge in [0.05, 0.1) is 0 Å². The number of benzene rings is 3. The average Bonchev–Trinajstić information content (AvgIpc) is 2.65. The molecule has 0 heterocycles. The summed E-state index contributed by atoms with van der Waals surface area (Å²) in [5, 5.41) is 0. The highest BCUT2D eigenvalue weighted by Crippen LogP contribution is 2.38. The summed E-state index contributed by atoms with van der Waals surface area (Å²) in [5.41, 5.74) is 5.33. The molecule has 0 bridgehead atoms. The van der Waals surface area contributed by atoms with Crippen molar-refractivity contribution in [1.29, 1.82) is 0 Å². The third kappa shape index (κ3) is 4.66. The molecule has 3 aromatic carbocycles. The largest absolute Gasteiger partial charge is 0.295 e. The van der Waals surface area contributed by atoms with Gasteiger partial charge in [-0.3, -0.25) is 4.55 Å². The van der Waals surface area contributed by atoms with Gasteiger partial charge in [0.25, 0.3) is 10.1 Å². The summed E-state index contributed by atoms with van der Waals surface area (Å²) < 4.78 is 34.3. The molecular formula is C26H30O3S. The second-order valence-electron chi connectivity index (χ2n) is 9.81. The zero-order valence-corrected chi connectivity index (χ0v) is 19.3. The van der Waals surface area contributed by atoms with Crippen LogP contribution in [0.5, 0.6) is 0 Å². The van der Waals surface area contributed by atoms with E-state index in [2.05, 4.69) is 53.7 Å². The summed E-state index contributed by atoms with van der Waals surface area (Å²) in [4.78, 5) is -0.0802. The Morgan fingerprint density at radius 1 is 0.633 bits per heavy atom. The van der Waals surface area contributed by atoms with Crippen molar-refractivity contribution in [2.24, 2.45) is 0 Å². The highest BCUT2D eigenvalue weighted by molar-refractivity contribution is 7.86. The van der Waals surface area contributed by atoms with E-state index in [0.29, 0.717) is 5.56 Å². The highest BCUT2D eigenvalue weighted by Gasteiger charge is 2.22. The quantitative estimate of drug-likeness (QED) is 0.469. The van der Waals surface area contributed by atoms with E-state index in [0.717, 1.165) is 22.3 Å². The lowest BCUT2D eigenvalue weighted by Crippen LogP contribution is -2.11. The van der Waals surface area contributed by atoms with E-state index in [9.17, 15) is 13.0 Å². The van der Waals surface area contributed by atoms with Crippen molar-refractivity contribution in [1.82, 2.24) is 0 Å². The van der Waals surface area contributed by atoms with Gasteiger partial charge in [-0.2, -0.15) is 8.42 Å². The van der Waals surface area contributed by atoms with Gasteiger partial charge in [0.1, 0.15) is 4.90 Å². The minimum absolute atomic E-state index is 0.00722. The van der Waals surface area contributed by atoms with Crippen LogP contribution < -0.4 is 0 Å².